The van der Waals surface area contributed by atoms with Gasteiger partial charge in [-0.15, -0.1) is 0 Å². The van der Waals surface area contributed by atoms with E-state index in [-0.39, 0.29) is 24.1 Å². The van der Waals surface area contributed by atoms with Gasteiger partial charge in [0.05, 0.1) is 19.3 Å². The van der Waals surface area contributed by atoms with E-state index in [2.05, 4.69) is 0 Å². The van der Waals surface area contributed by atoms with Crippen LogP contribution in [0.1, 0.15) is 23.9 Å². The number of ether oxygens (including phenoxy) is 1. The molecule has 0 spiro atoms. The molecule has 1 heterocycles. The highest BCUT2D eigenvalue weighted by atomic mass is 16.5. The first-order valence-corrected chi connectivity index (χ1v) is 5.09. The van der Waals surface area contributed by atoms with Crippen molar-refractivity contribution in [2.75, 3.05) is 20.2 Å². The Morgan fingerprint density at radius 3 is 2.81 bits per heavy atom. The molecule has 16 heavy (non-hydrogen) atoms. The maximum Gasteiger partial charge on any atom is 0.307 e. The molecule has 0 bridgehead atoms. The maximum atomic E-state index is 11.7. The first-order chi connectivity index (χ1) is 7.65. The molecule has 0 fully saturated rings. The normalized spacial score (nSPS) is 9.88. The number of hydrogen-bond donors (Lipinski definition) is 0. The smallest absolute Gasteiger partial charge is 0.307 e. The number of furan rings is 1. The number of esters is 1. The highest BCUT2D eigenvalue weighted by Crippen LogP contribution is 2.04. The van der Waals surface area contributed by atoms with Crippen LogP contribution in [0.15, 0.2) is 22.8 Å². The summed E-state index contributed by atoms with van der Waals surface area (Å²) in [6, 6.07) is 3.23. The summed E-state index contributed by atoms with van der Waals surface area (Å²) in [5, 5.41) is 0. The summed E-state index contributed by atoms with van der Waals surface area (Å²) < 4.78 is 9.73. The molecule has 0 aliphatic rings. The zero-order valence-corrected chi connectivity index (χ0v) is 9.43. The van der Waals surface area contributed by atoms with Crippen LogP contribution in [0.5, 0.6) is 0 Å². The molecule has 0 aromatic carbocycles. The first kappa shape index (κ1) is 12.3. The molecule has 0 radical (unpaired) electrons. The highest BCUT2D eigenvalue weighted by molar-refractivity contribution is 5.91. The van der Waals surface area contributed by atoms with Crippen LogP contribution >= 0.6 is 0 Å². The van der Waals surface area contributed by atoms with Crippen molar-refractivity contribution in [3.05, 3.63) is 24.2 Å². The van der Waals surface area contributed by atoms with Gasteiger partial charge in [-0.2, -0.15) is 0 Å². The summed E-state index contributed by atoms with van der Waals surface area (Å²) in [5.41, 5.74) is 0. The molecule has 0 aliphatic heterocycles. The van der Waals surface area contributed by atoms with Crippen LogP contribution in [0.3, 0.4) is 0 Å². The zero-order chi connectivity index (χ0) is 12.0. The fourth-order valence-corrected chi connectivity index (χ4v) is 1.18. The van der Waals surface area contributed by atoms with E-state index in [4.69, 9.17) is 9.15 Å². The van der Waals surface area contributed by atoms with Gasteiger partial charge in [0.25, 0.3) is 5.91 Å². The number of carbonyl (C=O) groups excluding carboxylic acids is 2. The summed E-state index contributed by atoms with van der Waals surface area (Å²) in [6.45, 7) is 2.42. The molecule has 5 nitrogen and oxygen atoms in total. The third-order valence-electron chi connectivity index (χ3n) is 2.04. The predicted molar refractivity (Wildman–Crippen MR) is 56.9 cm³/mol. The van der Waals surface area contributed by atoms with Gasteiger partial charge in [-0.25, -0.2) is 0 Å². The molecule has 0 unspecified atom stereocenters. The molecule has 0 saturated carbocycles. The Labute approximate surface area is 94.0 Å². The largest absolute Gasteiger partial charge is 0.466 e. The van der Waals surface area contributed by atoms with Gasteiger partial charge in [-0.05, 0) is 19.1 Å². The first-order valence-electron chi connectivity index (χ1n) is 5.09. The van der Waals surface area contributed by atoms with Gasteiger partial charge in [0.15, 0.2) is 5.76 Å². The minimum absolute atomic E-state index is 0.191. The van der Waals surface area contributed by atoms with E-state index < -0.39 is 0 Å². The second-order valence-electron chi connectivity index (χ2n) is 3.26. The molecule has 0 aliphatic carbocycles. The fraction of sp³-hybridized carbons (Fsp3) is 0.455. The standard InChI is InChI=1S/C11H15NO4/c1-3-15-10(13)6-7-12(2)11(14)9-5-4-8-16-9/h4-5,8H,3,6-7H2,1-2H3. The molecule has 1 aromatic heterocycles. The van der Waals surface area contributed by atoms with Gasteiger partial charge in [0, 0.05) is 13.6 Å². The lowest BCUT2D eigenvalue weighted by molar-refractivity contribution is -0.143. The Kier molecular flexibility index (Phi) is 4.57. The Morgan fingerprint density at radius 1 is 1.50 bits per heavy atom. The van der Waals surface area contributed by atoms with Crippen molar-refractivity contribution in [1.82, 2.24) is 4.90 Å². The van der Waals surface area contributed by atoms with Crippen LogP contribution in [-0.4, -0.2) is 37.0 Å². The SMILES string of the molecule is CCOC(=O)CCN(C)C(=O)c1ccco1. The molecule has 1 amide bonds. The predicted octanol–water partition coefficient (Wildman–Crippen LogP) is 1.30. The van der Waals surface area contributed by atoms with Gasteiger partial charge in [-0.3, -0.25) is 9.59 Å². The van der Waals surface area contributed by atoms with E-state index in [9.17, 15) is 9.59 Å². The van der Waals surface area contributed by atoms with E-state index >= 15 is 0 Å². The highest BCUT2D eigenvalue weighted by Gasteiger charge is 2.15. The van der Waals surface area contributed by atoms with Crippen LogP contribution < -0.4 is 0 Å². The molecule has 1 aromatic rings. The Balaban J connectivity index is 2.38. The van der Waals surface area contributed by atoms with Crippen molar-refractivity contribution in [1.29, 1.82) is 0 Å². The molecule has 88 valence electrons. The summed E-state index contributed by atoms with van der Waals surface area (Å²) in [4.78, 5) is 24.2. The van der Waals surface area contributed by atoms with Crippen LogP contribution in [0, 0.1) is 0 Å². The molecule has 1 rings (SSSR count). The van der Waals surface area contributed by atoms with Crippen molar-refractivity contribution in [3.63, 3.8) is 0 Å². The fourth-order valence-electron chi connectivity index (χ4n) is 1.18. The van der Waals surface area contributed by atoms with Gasteiger partial charge in [0.2, 0.25) is 0 Å². The number of rotatable bonds is 5. The summed E-state index contributed by atoms with van der Waals surface area (Å²) in [5.74, 6) is -0.276. The third kappa shape index (κ3) is 3.42. The summed E-state index contributed by atoms with van der Waals surface area (Å²) in [7, 11) is 1.62. The molecular weight excluding hydrogens is 210 g/mol. The summed E-state index contributed by atoms with van der Waals surface area (Å²) >= 11 is 0. The van der Waals surface area contributed by atoms with E-state index in [1.807, 2.05) is 0 Å². The van der Waals surface area contributed by atoms with Crippen LogP contribution in [0.4, 0.5) is 0 Å². The maximum absolute atomic E-state index is 11.7. The van der Waals surface area contributed by atoms with E-state index in [1.54, 1.807) is 26.1 Å². The number of hydrogen-bond acceptors (Lipinski definition) is 4. The third-order valence-corrected chi connectivity index (χ3v) is 2.04. The topological polar surface area (TPSA) is 59.8 Å². The molecule has 0 atom stereocenters. The van der Waals surface area contributed by atoms with Gasteiger partial charge in [0.1, 0.15) is 0 Å². The molecular formula is C11H15NO4. The van der Waals surface area contributed by atoms with Crippen LogP contribution in [0.2, 0.25) is 0 Å². The van der Waals surface area contributed by atoms with Crippen molar-refractivity contribution in [2.24, 2.45) is 0 Å². The Hall–Kier alpha value is -1.78. The van der Waals surface area contributed by atoms with Gasteiger partial charge in [-0.1, -0.05) is 0 Å². The second-order valence-corrected chi connectivity index (χ2v) is 3.26. The van der Waals surface area contributed by atoms with Crippen molar-refractivity contribution in [3.8, 4) is 0 Å². The number of nitrogens with zero attached hydrogens (tertiary/aromatic N) is 1. The Morgan fingerprint density at radius 2 is 2.25 bits per heavy atom. The van der Waals surface area contributed by atoms with Crippen molar-refractivity contribution in [2.45, 2.75) is 13.3 Å². The average Bonchev–Trinajstić information content (AvgIpc) is 2.78. The number of amides is 1. The Bertz CT molecular complexity index is 345. The van der Waals surface area contributed by atoms with E-state index in [1.165, 1.54) is 11.2 Å². The van der Waals surface area contributed by atoms with Crippen LogP contribution in [0.25, 0.3) is 0 Å². The van der Waals surface area contributed by atoms with Crippen LogP contribution in [-0.2, 0) is 9.53 Å². The summed E-state index contributed by atoms with van der Waals surface area (Å²) in [6.07, 6.45) is 1.63. The second kappa shape index (κ2) is 5.95. The molecule has 5 heteroatoms. The minimum atomic E-state index is -0.304. The lowest BCUT2D eigenvalue weighted by Crippen LogP contribution is -2.29. The van der Waals surface area contributed by atoms with Gasteiger partial charge >= 0.3 is 5.97 Å². The average molecular weight is 225 g/mol. The van der Waals surface area contributed by atoms with Gasteiger partial charge < -0.3 is 14.1 Å². The lowest BCUT2D eigenvalue weighted by atomic mass is 10.3. The van der Waals surface area contributed by atoms with E-state index in [0.717, 1.165) is 0 Å². The monoisotopic (exact) mass is 225 g/mol. The van der Waals surface area contributed by atoms with E-state index in [0.29, 0.717) is 13.2 Å². The molecule has 0 saturated heterocycles. The van der Waals surface area contributed by atoms with Crippen molar-refractivity contribution < 1.29 is 18.7 Å². The van der Waals surface area contributed by atoms with Crippen molar-refractivity contribution >= 4 is 11.9 Å². The lowest BCUT2D eigenvalue weighted by Gasteiger charge is -2.14. The number of carbonyl (C=O) groups is 2. The zero-order valence-electron chi connectivity index (χ0n) is 9.43. The minimum Gasteiger partial charge on any atom is -0.466 e. The molecule has 0 N–H and O–H groups in total. The quantitative estimate of drug-likeness (QED) is 0.709.